The van der Waals surface area contributed by atoms with Crippen LogP contribution in [-0.2, 0) is 0 Å². The van der Waals surface area contributed by atoms with Crippen LogP contribution in [0.1, 0.15) is 6.42 Å². The Kier molecular flexibility index (Phi) is 5.66. The number of benzene rings is 2. The second-order valence-electron chi connectivity index (χ2n) is 7.62. The molecule has 3 heterocycles. The molecule has 162 valence electrons. The molecule has 0 amide bonds. The molecule has 1 saturated heterocycles. The van der Waals surface area contributed by atoms with Crippen molar-refractivity contribution in [2.45, 2.75) is 12.5 Å². The number of halogens is 1. The van der Waals surface area contributed by atoms with Gasteiger partial charge >= 0.3 is 0 Å². The lowest BCUT2D eigenvalue weighted by Gasteiger charge is -2.18. The van der Waals surface area contributed by atoms with Crippen LogP contribution < -0.4 is 26.2 Å². The number of nitrogens with one attached hydrogen (secondary N) is 2. The number of hydrogen-bond acceptors (Lipinski definition) is 7. The normalized spacial score (nSPS) is 15.8. The van der Waals surface area contributed by atoms with Gasteiger partial charge in [0.2, 0.25) is 5.95 Å². The third-order valence-electron chi connectivity index (χ3n) is 5.28. The summed E-state index contributed by atoms with van der Waals surface area (Å²) in [6.45, 7) is 1.48. The van der Waals surface area contributed by atoms with Gasteiger partial charge in [-0.05, 0) is 65.4 Å². The molecule has 32 heavy (non-hydrogen) atoms. The summed E-state index contributed by atoms with van der Waals surface area (Å²) in [6.07, 6.45) is 2.55. The van der Waals surface area contributed by atoms with Crippen LogP contribution >= 0.6 is 22.6 Å². The van der Waals surface area contributed by atoms with Gasteiger partial charge in [0, 0.05) is 31.0 Å². The van der Waals surface area contributed by atoms with Crippen molar-refractivity contribution in [3.05, 3.63) is 74.7 Å². The Morgan fingerprint density at radius 3 is 2.56 bits per heavy atom. The molecule has 8 nitrogen and oxygen atoms in total. The van der Waals surface area contributed by atoms with E-state index in [0.29, 0.717) is 35.0 Å². The molecule has 1 aliphatic heterocycles. The van der Waals surface area contributed by atoms with E-state index in [1.54, 1.807) is 6.20 Å². The number of hydrogen-bond donors (Lipinski definition) is 3. The van der Waals surface area contributed by atoms with Crippen molar-refractivity contribution in [1.29, 1.82) is 0 Å². The van der Waals surface area contributed by atoms with Gasteiger partial charge in [-0.15, -0.1) is 0 Å². The molecule has 1 aliphatic rings. The Balaban J connectivity index is 1.49. The lowest BCUT2D eigenvalue weighted by molar-refractivity contribution is 0.483. The van der Waals surface area contributed by atoms with Crippen molar-refractivity contribution in [3.8, 4) is 11.5 Å². The number of aromatic amines is 1. The fourth-order valence-electron chi connectivity index (χ4n) is 3.67. The van der Waals surface area contributed by atoms with E-state index in [0.717, 1.165) is 28.0 Å². The van der Waals surface area contributed by atoms with Crippen molar-refractivity contribution in [2.24, 2.45) is 5.73 Å². The molecular weight excluding hydrogens is 519 g/mol. The Morgan fingerprint density at radius 2 is 1.84 bits per heavy atom. The number of fused-ring (bicyclic) bond motifs is 1. The fraction of sp³-hybridized carbons (Fsp3) is 0.174. The van der Waals surface area contributed by atoms with E-state index in [9.17, 15) is 4.79 Å². The Labute approximate surface area is 198 Å². The minimum Gasteiger partial charge on any atom is -0.457 e. The van der Waals surface area contributed by atoms with Crippen molar-refractivity contribution < 1.29 is 4.74 Å². The summed E-state index contributed by atoms with van der Waals surface area (Å²) >= 11 is 2.17. The van der Waals surface area contributed by atoms with Crippen LogP contribution in [0.25, 0.3) is 10.9 Å². The number of pyridine rings is 1. The quantitative estimate of drug-likeness (QED) is 0.329. The minimum atomic E-state index is -0.239. The summed E-state index contributed by atoms with van der Waals surface area (Å²) in [5.41, 5.74) is 7.24. The predicted molar refractivity (Wildman–Crippen MR) is 134 cm³/mol. The Morgan fingerprint density at radius 1 is 1.09 bits per heavy atom. The zero-order valence-electron chi connectivity index (χ0n) is 17.1. The van der Waals surface area contributed by atoms with E-state index in [-0.39, 0.29) is 11.6 Å². The number of para-hydroxylation sites is 1. The number of rotatable bonds is 5. The zero-order chi connectivity index (χ0) is 22.1. The Bertz CT molecular complexity index is 1310. The molecule has 4 aromatic rings. The molecule has 4 N–H and O–H groups in total. The van der Waals surface area contributed by atoms with Gasteiger partial charge in [-0.2, -0.15) is 4.98 Å². The summed E-state index contributed by atoms with van der Waals surface area (Å²) < 4.78 is 6.70. The molecule has 9 heteroatoms. The van der Waals surface area contributed by atoms with Crippen LogP contribution in [0.2, 0.25) is 0 Å². The van der Waals surface area contributed by atoms with E-state index in [2.05, 4.69) is 42.8 Å². The van der Waals surface area contributed by atoms with Crippen molar-refractivity contribution in [1.82, 2.24) is 15.0 Å². The van der Waals surface area contributed by atoms with Crippen LogP contribution in [0, 0.1) is 3.57 Å². The van der Waals surface area contributed by atoms with Gasteiger partial charge in [0.25, 0.3) is 5.56 Å². The number of H-pyrrole nitrogens is 1. The van der Waals surface area contributed by atoms with E-state index in [4.69, 9.17) is 15.5 Å². The smallest absolute Gasteiger partial charge is 0.261 e. The van der Waals surface area contributed by atoms with Gasteiger partial charge in [0.05, 0.1) is 9.09 Å². The molecule has 2 aromatic carbocycles. The maximum Gasteiger partial charge on any atom is 0.261 e. The molecule has 1 unspecified atom stereocenters. The van der Waals surface area contributed by atoms with Crippen molar-refractivity contribution in [2.75, 3.05) is 23.3 Å². The first-order chi connectivity index (χ1) is 15.6. The molecule has 5 rings (SSSR count). The summed E-state index contributed by atoms with van der Waals surface area (Å²) in [5.74, 6) is 2.51. The van der Waals surface area contributed by atoms with E-state index in [1.807, 2.05) is 54.6 Å². The molecule has 0 bridgehead atoms. The van der Waals surface area contributed by atoms with Crippen molar-refractivity contribution >= 4 is 50.9 Å². The highest BCUT2D eigenvalue weighted by Crippen LogP contribution is 2.29. The molecular formula is C23H21IN6O2. The molecule has 0 radical (unpaired) electrons. The second-order valence-corrected chi connectivity index (χ2v) is 8.78. The standard InChI is InChI=1S/C23H21IN6O2/c24-18-12-26-22(31)19-20(18)28-23(30-11-10-14(25)13-30)29-21(19)27-15-6-8-17(9-7-15)32-16-4-2-1-3-5-16/h1-9,12,14H,10-11,13,25H2,(H,26,31)(H,27,28,29). The molecule has 0 aliphatic carbocycles. The van der Waals surface area contributed by atoms with Crippen LogP contribution in [-0.4, -0.2) is 34.1 Å². The van der Waals surface area contributed by atoms with Crippen molar-refractivity contribution in [3.63, 3.8) is 0 Å². The van der Waals surface area contributed by atoms with E-state index in [1.165, 1.54) is 0 Å². The summed E-state index contributed by atoms with van der Waals surface area (Å²) in [4.78, 5) is 26.9. The maximum absolute atomic E-state index is 12.7. The van der Waals surface area contributed by atoms with Gasteiger partial charge in [-0.3, -0.25) is 4.79 Å². The molecule has 1 fully saturated rings. The fourth-order valence-corrected chi connectivity index (χ4v) is 4.22. The highest BCUT2D eigenvalue weighted by molar-refractivity contribution is 14.1. The van der Waals surface area contributed by atoms with Gasteiger partial charge in [0.1, 0.15) is 22.7 Å². The van der Waals surface area contributed by atoms with Crippen LogP contribution in [0.15, 0.2) is 65.6 Å². The number of aromatic nitrogens is 3. The monoisotopic (exact) mass is 540 g/mol. The molecule has 2 aromatic heterocycles. The lowest BCUT2D eigenvalue weighted by Crippen LogP contribution is -2.28. The first-order valence-electron chi connectivity index (χ1n) is 10.3. The highest BCUT2D eigenvalue weighted by Gasteiger charge is 2.24. The van der Waals surface area contributed by atoms with Gasteiger partial charge in [-0.25, -0.2) is 4.98 Å². The summed E-state index contributed by atoms with van der Waals surface area (Å²) in [6, 6.07) is 17.2. The Hall–Kier alpha value is -3.18. The number of anilines is 3. The summed E-state index contributed by atoms with van der Waals surface area (Å²) in [5, 5.41) is 3.72. The van der Waals surface area contributed by atoms with Crippen LogP contribution in [0.3, 0.4) is 0 Å². The van der Waals surface area contributed by atoms with Crippen LogP contribution in [0.4, 0.5) is 17.5 Å². The van der Waals surface area contributed by atoms with Crippen LogP contribution in [0.5, 0.6) is 11.5 Å². The second kappa shape index (κ2) is 8.75. The first-order valence-corrected chi connectivity index (χ1v) is 11.3. The SMILES string of the molecule is NC1CCN(c2nc(Nc3ccc(Oc4ccccc4)cc3)c3c(=O)[nH]cc(I)c3n2)C1. The van der Waals surface area contributed by atoms with Gasteiger partial charge in [0.15, 0.2) is 0 Å². The maximum atomic E-state index is 12.7. The lowest BCUT2D eigenvalue weighted by atomic mass is 10.2. The predicted octanol–water partition coefficient (Wildman–Crippen LogP) is 4.00. The number of nitrogens with two attached hydrogens (primary N) is 1. The average molecular weight is 540 g/mol. The number of ether oxygens (including phenoxy) is 1. The third kappa shape index (κ3) is 4.26. The molecule has 1 atom stereocenters. The molecule has 0 saturated carbocycles. The zero-order valence-corrected chi connectivity index (χ0v) is 19.2. The minimum absolute atomic E-state index is 0.0983. The number of nitrogens with zero attached hydrogens (tertiary/aromatic N) is 3. The largest absolute Gasteiger partial charge is 0.457 e. The third-order valence-corrected chi connectivity index (χ3v) is 6.11. The van der Waals surface area contributed by atoms with Gasteiger partial charge < -0.3 is 25.7 Å². The molecule has 0 spiro atoms. The first kappa shape index (κ1) is 20.7. The summed E-state index contributed by atoms with van der Waals surface area (Å²) in [7, 11) is 0. The van der Waals surface area contributed by atoms with E-state index >= 15 is 0 Å². The topological polar surface area (TPSA) is 109 Å². The average Bonchev–Trinajstić information content (AvgIpc) is 3.24. The highest BCUT2D eigenvalue weighted by atomic mass is 127. The van der Waals surface area contributed by atoms with E-state index < -0.39 is 0 Å². The van der Waals surface area contributed by atoms with Gasteiger partial charge in [-0.1, -0.05) is 18.2 Å².